The Labute approximate surface area is 151 Å². The molecule has 1 atom stereocenters. The van der Waals surface area contributed by atoms with Gasteiger partial charge in [-0.05, 0) is 16.7 Å². The summed E-state index contributed by atoms with van der Waals surface area (Å²) in [5, 5.41) is 0. The van der Waals surface area contributed by atoms with Crippen LogP contribution in [0.3, 0.4) is 0 Å². The second-order valence-electron chi connectivity index (χ2n) is 6.44. The Morgan fingerprint density at radius 1 is 0.846 bits per heavy atom. The number of hydrogen-bond donors (Lipinski definition) is 0. The van der Waals surface area contributed by atoms with Gasteiger partial charge < -0.3 is 14.4 Å². The summed E-state index contributed by atoms with van der Waals surface area (Å²) in [6, 6.07) is 17.6. The standard InChI is InChI=1S/C20H20N2O4/c23-19-21(10-11-25-19)12-16-8-4-5-9-17(16)13-22-18(14-26-20(22)24)15-6-2-1-3-7-15/h1-9,18H,10-14H2/t18-/m0/s1. The Balaban J connectivity index is 1.56. The van der Waals surface area contributed by atoms with Gasteiger partial charge in [0, 0.05) is 6.54 Å². The van der Waals surface area contributed by atoms with Gasteiger partial charge in [0.05, 0.1) is 19.1 Å². The van der Waals surface area contributed by atoms with Gasteiger partial charge >= 0.3 is 12.2 Å². The van der Waals surface area contributed by atoms with Crippen molar-refractivity contribution in [3.63, 3.8) is 0 Å². The maximum absolute atomic E-state index is 12.3. The highest BCUT2D eigenvalue weighted by Crippen LogP contribution is 2.30. The average molecular weight is 352 g/mol. The van der Waals surface area contributed by atoms with Crippen molar-refractivity contribution >= 4 is 12.2 Å². The van der Waals surface area contributed by atoms with Crippen LogP contribution in [0.4, 0.5) is 9.59 Å². The number of hydrogen-bond acceptors (Lipinski definition) is 4. The Morgan fingerprint density at radius 2 is 1.54 bits per heavy atom. The molecule has 0 N–H and O–H groups in total. The van der Waals surface area contributed by atoms with E-state index in [-0.39, 0.29) is 18.2 Å². The molecule has 2 saturated heterocycles. The lowest BCUT2D eigenvalue weighted by atomic mass is 10.0. The van der Waals surface area contributed by atoms with Crippen molar-refractivity contribution in [1.29, 1.82) is 0 Å². The highest BCUT2D eigenvalue weighted by molar-refractivity contribution is 5.71. The van der Waals surface area contributed by atoms with Gasteiger partial charge in [0.2, 0.25) is 0 Å². The maximum atomic E-state index is 12.3. The fourth-order valence-corrected chi connectivity index (χ4v) is 3.40. The van der Waals surface area contributed by atoms with E-state index in [0.29, 0.717) is 32.8 Å². The Morgan fingerprint density at radius 3 is 2.23 bits per heavy atom. The third kappa shape index (κ3) is 3.22. The number of amides is 2. The molecular weight excluding hydrogens is 332 g/mol. The van der Waals surface area contributed by atoms with E-state index in [1.165, 1.54) is 0 Å². The van der Waals surface area contributed by atoms with Gasteiger partial charge in [0.1, 0.15) is 13.2 Å². The first-order chi connectivity index (χ1) is 12.7. The first-order valence-corrected chi connectivity index (χ1v) is 8.69. The van der Waals surface area contributed by atoms with Crippen LogP contribution in [0.1, 0.15) is 22.7 Å². The van der Waals surface area contributed by atoms with E-state index in [2.05, 4.69) is 0 Å². The molecule has 0 aliphatic carbocycles. The van der Waals surface area contributed by atoms with Crippen molar-refractivity contribution in [2.45, 2.75) is 19.1 Å². The monoisotopic (exact) mass is 352 g/mol. The van der Waals surface area contributed by atoms with Crippen LogP contribution >= 0.6 is 0 Å². The minimum absolute atomic E-state index is 0.103. The van der Waals surface area contributed by atoms with Gasteiger partial charge in [-0.15, -0.1) is 0 Å². The lowest BCUT2D eigenvalue weighted by Crippen LogP contribution is -2.29. The molecule has 26 heavy (non-hydrogen) atoms. The number of carbonyl (C=O) groups excluding carboxylic acids is 2. The number of carbonyl (C=O) groups is 2. The van der Waals surface area contributed by atoms with Crippen LogP contribution in [0, 0.1) is 0 Å². The molecule has 2 heterocycles. The van der Waals surface area contributed by atoms with E-state index in [9.17, 15) is 9.59 Å². The summed E-state index contributed by atoms with van der Waals surface area (Å²) in [4.78, 5) is 27.5. The third-order valence-electron chi connectivity index (χ3n) is 4.82. The zero-order chi connectivity index (χ0) is 17.9. The molecule has 0 saturated carbocycles. The summed E-state index contributed by atoms with van der Waals surface area (Å²) in [6.07, 6.45) is -0.600. The molecule has 2 aromatic carbocycles. The number of cyclic esters (lactones) is 2. The average Bonchev–Trinajstić information content (AvgIpc) is 3.24. The zero-order valence-electron chi connectivity index (χ0n) is 14.3. The molecule has 0 spiro atoms. The smallest absolute Gasteiger partial charge is 0.410 e. The molecule has 2 amide bonds. The minimum atomic E-state index is -0.311. The number of ether oxygens (including phenoxy) is 2. The second kappa shape index (κ2) is 7.07. The van der Waals surface area contributed by atoms with Crippen molar-refractivity contribution in [2.75, 3.05) is 19.8 Å². The predicted octanol–water partition coefficient (Wildman–Crippen LogP) is 3.33. The zero-order valence-corrected chi connectivity index (χ0v) is 14.3. The van der Waals surface area contributed by atoms with Gasteiger partial charge in [-0.25, -0.2) is 9.59 Å². The molecule has 0 unspecified atom stereocenters. The predicted molar refractivity (Wildman–Crippen MR) is 94.3 cm³/mol. The summed E-state index contributed by atoms with van der Waals surface area (Å²) in [6.45, 7) is 2.29. The number of nitrogens with zero attached hydrogens (tertiary/aromatic N) is 2. The Kier molecular flexibility index (Phi) is 4.48. The van der Waals surface area contributed by atoms with Crippen LogP contribution in [0.2, 0.25) is 0 Å². The van der Waals surface area contributed by atoms with Crippen LogP contribution in [-0.2, 0) is 22.6 Å². The quantitative estimate of drug-likeness (QED) is 0.828. The molecule has 2 aliphatic heterocycles. The van der Waals surface area contributed by atoms with Crippen LogP contribution in [0.25, 0.3) is 0 Å². The Bertz CT molecular complexity index is 808. The van der Waals surface area contributed by atoms with Crippen molar-refractivity contribution < 1.29 is 19.1 Å². The molecule has 0 aromatic heterocycles. The van der Waals surface area contributed by atoms with Gasteiger partial charge in [0.25, 0.3) is 0 Å². The molecular formula is C20H20N2O4. The molecule has 134 valence electrons. The summed E-state index contributed by atoms with van der Waals surface area (Å²) < 4.78 is 10.3. The molecule has 4 rings (SSSR count). The highest BCUT2D eigenvalue weighted by Gasteiger charge is 2.34. The molecule has 2 aliphatic rings. The normalized spacial score (nSPS) is 19.6. The van der Waals surface area contributed by atoms with Gasteiger partial charge in [-0.1, -0.05) is 54.6 Å². The molecule has 0 radical (unpaired) electrons. The van der Waals surface area contributed by atoms with Crippen LogP contribution in [0.5, 0.6) is 0 Å². The molecule has 2 fully saturated rings. The lowest BCUT2D eigenvalue weighted by molar-refractivity contribution is 0.154. The van der Waals surface area contributed by atoms with Crippen molar-refractivity contribution in [3.8, 4) is 0 Å². The summed E-state index contributed by atoms with van der Waals surface area (Å²) in [5.41, 5.74) is 3.07. The van der Waals surface area contributed by atoms with Crippen molar-refractivity contribution in [3.05, 3.63) is 71.3 Å². The van der Waals surface area contributed by atoms with E-state index in [1.54, 1.807) is 9.80 Å². The third-order valence-corrected chi connectivity index (χ3v) is 4.82. The first-order valence-electron chi connectivity index (χ1n) is 8.69. The van der Waals surface area contributed by atoms with Gasteiger partial charge in [0.15, 0.2) is 0 Å². The Hall–Kier alpha value is -3.02. The van der Waals surface area contributed by atoms with Crippen LogP contribution < -0.4 is 0 Å². The molecule has 6 nitrogen and oxygen atoms in total. The van der Waals surface area contributed by atoms with E-state index in [1.807, 2.05) is 54.6 Å². The fourth-order valence-electron chi connectivity index (χ4n) is 3.40. The van der Waals surface area contributed by atoms with E-state index in [4.69, 9.17) is 9.47 Å². The van der Waals surface area contributed by atoms with Crippen LogP contribution in [0.15, 0.2) is 54.6 Å². The van der Waals surface area contributed by atoms with E-state index in [0.717, 1.165) is 16.7 Å². The molecule has 2 aromatic rings. The largest absolute Gasteiger partial charge is 0.448 e. The minimum Gasteiger partial charge on any atom is -0.448 e. The summed E-state index contributed by atoms with van der Waals surface area (Å²) >= 11 is 0. The van der Waals surface area contributed by atoms with Crippen molar-refractivity contribution in [2.24, 2.45) is 0 Å². The second-order valence-corrected chi connectivity index (χ2v) is 6.44. The van der Waals surface area contributed by atoms with E-state index >= 15 is 0 Å². The van der Waals surface area contributed by atoms with E-state index < -0.39 is 0 Å². The highest BCUT2D eigenvalue weighted by atomic mass is 16.6. The van der Waals surface area contributed by atoms with Gasteiger partial charge in [-0.2, -0.15) is 0 Å². The van der Waals surface area contributed by atoms with Gasteiger partial charge in [-0.3, -0.25) is 4.90 Å². The molecule has 6 heteroatoms. The van der Waals surface area contributed by atoms with Crippen molar-refractivity contribution in [1.82, 2.24) is 9.80 Å². The first kappa shape index (κ1) is 16.4. The van der Waals surface area contributed by atoms with Crippen LogP contribution in [-0.4, -0.2) is 41.7 Å². The summed E-state index contributed by atoms with van der Waals surface area (Å²) in [5.74, 6) is 0. The SMILES string of the molecule is O=C1OCCN1Cc1ccccc1CN1C(=O)OC[C@H]1c1ccccc1. The maximum Gasteiger partial charge on any atom is 0.410 e. The fraction of sp³-hybridized carbons (Fsp3) is 0.300. The topological polar surface area (TPSA) is 59.1 Å². The number of benzene rings is 2. The molecule has 0 bridgehead atoms. The number of rotatable bonds is 5. The summed E-state index contributed by atoms with van der Waals surface area (Å²) in [7, 11) is 0. The lowest BCUT2D eigenvalue weighted by Gasteiger charge is -2.24.